The Morgan fingerprint density at radius 1 is 0.889 bits per heavy atom. The van der Waals surface area contributed by atoms with Gasteiger partial charge in [0.05, 0.1) is 9.85 Å². The first kappa shape index (κ1) is 12.4. The summed E-state index contributed by atoms with van der Waals surface area (Å²) >= 11 is 2.44. The molecule has 0 bridgehead atoms. The van der Waals surface area contributed by atoms with E-state index in [1.54, 1.807) is 10.8 Å². The molecule has 18 heavy (non-hydrogen) atoms. The van der Waals surface area contributed by atoms with E-state index >= 15 is 0 Å². The van der Waals surface area contributed by atoms with E-state index in [4.69, 9.17) is 0 Å². The van der Waals surface area contributed by atoms with Gasteiger partial charge in [0.1, 0.15) is 9.75 Å². The SMILES string of the molecule is O=[N+]([O-])c1ccsc1/C=C/c1sccc1[N+](=O)[O-]. The molecule has 2 heterocycles. The van der Waals surface area contributed by atoms with Gasteiger partial charge >= 0.3 is 0 Å². The average Bonchev–Trinajstić information content (AvgIpc) is 2.94. The first-order chi connectivity index (χ1) is 8.59. The molecule has 0 saturated heterocycles. The summed E-state index contributed by atoms with van der Waals surface area (Å²) in [6.45, 7) is 0. The zero-order chi connectivity index (χ0) is 13.1. The van der Waals surface area contributed by atoms with Crippen LogP contribution in [0.4, 0.5) is 11.4 Å². The van der Waals surface area contributed by atoms with Crippen molar-refractivity contribution < 1.29 is 9.85 Å². The van der Waals surface area contributed by atoms with E-state index in [1.165, 1.54) is 47.0 Å². The Morgan fingerprint density at radius 3 is 1.61 bits per heavy atom. The number of thiophene rings is 2. The number of nitro groups is 2. The second-order valence-corrected chi connectivity index (χ2v) is 5.08. The van der Waals surface area contributed by atoms with Crippen molar-refractivity contribution >= 4 is 46.2 Å². The van der Waals surface area contributed by atoms with Gasteiger partial charge in [-0.05, 0) is 22.9 Å². The van der Waals surface area contributed by atoms with Crippen LogP contribution in [0.15, 0.2) is 22.9 Å². The van der Waals surface area contributed by atoms with E-state index < -0.39 is 9.85 Å². The van der Waals surface area contributed by atoms with Gasteiger partial charge in [0.25, 0.3) is 11.4 Å². The number of nitrogens with zero attached hydrogens (tertiary/aromatic N) is 2. The van der Waals surface area contributed by atoms with Gasteiger partial charge in [-0.1, -0.05) is 0 Å². The molecule has 92 valence electrons. The molecule has 0 amide bonds. The van der Waals surface area contributed by atoms with Crippen molar-refractivity contribution in [3.63, 3.8) is 0 Å². The summed E-state index contributed by atoms with van der Waals surface area (Å²) in [6.07, 6.45) is 3.06. The smallest absolute Gasteiger partial charge is 0.258 e. The van der Waals surface area contributed by atoms with Crippen LogP contribution in [0.1, 0.15) is 9.75 Å². The minimum atomic E-state index is -0.473. The van der Waals surface area contributed by atoms with E-state index in [9.17, 15) is 20.2 Å². The van der Waals surface area contributed by atoms with Gasteiger partial charge in [-0.25, -0.2) is 0 Å². The minimum Gasteiger partial charge on any atom is -0.258 e. The first-order valence-electron chi connectivity index (χ1n) is 4.71. The molecule has 0 N–H and O–H groups in total. The second kappa shape index (κ2) is 5.07. The average molecular weight is 282 g/mol. The van der Waals surface area contributed by atoms with Crippen molar-refractivity contribution in [1.82, 2.24) is 0 Å². The fraction of sp³-hybridized carbons (Fsp3) is 0. The van der Waals surface area contributed by atoms with Crippen molar-refractivity contribution in [2.45, 2.75) is 0 Å². The third-order valence-corrected chi connectivity index (χ3v) is 3.87. The van der Waals surface area contributed by atoms with Crippen LogP contribution in [-0.2, 0) is 0 Å². The van der Waals surface area contributed by atoms with Crippen LogP contribution in [0, 0.1) is 20.2 Å². The number of hydrogen-bond donors (Lipinski definition) is 0. The molecule has 0 unspecified atom stereocenters. The Balaban J connectivity index is 2.30. The molecule has 0 aromatic carbocycles. The Hall–Kier alpha value is -2.06. The lowest BCUT2D eigenvalue weighted by atomic mass is 10.3. The number of hydrogen-bond acceptors (Lipinski definition) is 6. The van der Waals surface area contributed by atoms with E-state index in [1.807, 2.05) is 0 Å². The lowest BCUT2D eigenvalue weighted by Crippen LogP contribution is -1.87. The molecule has 2 aromatic rings. The van der Waals surface area contributed by atoms with Crippen LogP contribution < -0.4 is 0 Å². The van der Waals surface area contributed by atoms with E-state index in [0.717, 1.165) is 0 Å². The third-order valence-electron chi connectivity index (χ3n) is 2.13. The third kappa shape index (κ3) is 2.44. The summed E-state index contributed by atoms with van der Waals surface area (Å²) in [7, 11) is 0. The van der Waals surface area contributed by atoms with Crippen LogP contribution in [0.5, 0.6) is 0 Å². The van der Waals surface area contributed by atoms with Crippen molar-refractivity contribution in [2.75, 3.05) is 0 Å². The van der Waals surface area contributed by atoms with Gasteiger partial charge in [-0.2, -0.15) is 0 Å². The molecule has 6 nitrogen and oxygen atoms in total. The van der Waals surface area contributed by atoms with Crippen LogP contribution in [0.2, 0.25) is 0 Å². The summed E-state index contributed by atoms with van der Waals surface area (Å²) in [6, 6.07) is 2.82. The van der Waals surface area contributed by atoms with Crippen molar-refractivity contribution in [1.29, 1.82) is 0 Å². The van der Waals surface area contributed by atoms with E-state index in [2.05, 4.69) is 0 Å². The first-order valence-corrected chi connectivity index (χ1v) is 6.47. The summed E-state index contributed by atoms with van der Waals surface area (Å²) in [5.74, 6) is 0. The molecule has 0 aliphatic heterocycles. The molecule has 0 radical (unpaired) electrons. The maximum atomic E-state index is 10.7. The second-order valence-electron chi connectivity index (χ2n) is 3.19. The van der Waals surface area contributed by atoms with Crippen LogP contribution in [0.3, 0.4) is 0 Å². The standard InChI is InChI=1S/C10H6N2O4S2/c13-11(14)7-3-5-17-9(7)1-2-10-8(12(15)16)4-6-18-10/h1-6H/b2-1+. The quantitative estimate of drug-likeness (QED) is 0.630. The van der Waals surface area contributed by atoms with Crippen LogP contribution in [-0.4, -0.2) is 9.85 Å². The molecule has 0 saturated carbocycles. The fourth-order valence-electron chi connectivity index (χ4n) is 1.33. The maximum Gasteiger partial charge on any atom is 0.287 e. The molecule has 0 fully saturated rings. The Kier molecular flexibility index (Phi) is 3.49. The van der Waals surface area contributed by atoms with Gasteiger partial charge in [0, 0.05) is 12.1 Å². The fourth-order valence-corrected chi connectivity index (χ4v) is 2.84. The van der Waals surface area contributed by atoms with Gasteiger partial charge in [0.2, 0.25) is 0 Å². The molecule has 8 heteroatoms. The van der Waals surface area contributed by atoms with E-state index in [-0.39, 0.29) is 11.4 Å². The molecular formula is C10H6N2O4S2. The van der Waals surface area contributed by atoms with Crippen LogP contribution >= 0.6 is 22.7 Å². The summed E-state index contributed by atoms with van der Waals surface area (Å²) in [4.78, 5) is 21.4. The summed E-state index contributed by atoms with van der Waals surface area (Å²) in [5, 5.41) is 24.6. The highest BCUT2D eigenvalue weighted by Gasteiger charge is 2.15. The van der Waals surface area contributed by atoms with Gasteiger partial charge in [-0.15, -0.1) is 22.7 Å². The molecular weight excluding hydrogens is 276 g/mol. The largest absolute Gasteiger partial charge is 0.287 e. The lowest BCUT2D eigenvalue weighted by molar-refractivity contribution is -0.384. The van der Waals surface area contributed by atoms with E-state index in [0.29, 0.717) is 9.75 Å². The van der Waals surface area contributed by atoms with Gasteiger partial charge in [-0.3, -0.25) is 20.2 Å². The van der Waals surface area contributed by atoms with Gasteiger partial charge < -0.3 is 0 Å². The van der Waals surface area contributed by atoms with Crippen molar-refractivity contribution in [2.24, 2.45) is 0 Å². The molecule has 0 atom stereocenters. The molecule has 0 spiro atoms. The van der Waals surface area contributed by atoms with Gasteiger partial charge in [0.15, 0.2) is 0 Å². The van der Waals surface area contributed by atoms with Crippen LogP contribution in [0.25, 0.3) is 12.2 Å². The molecule has 2 aromatic heterocycles. The van der Waals surface area contributed by atoms with Crippen molar-refractivity contribution in [3.8, 4) is 0 Å². The molecule has 2 rings (SSSR count). The summed E-state index contributed by atoms with van der Waals surface area (Å²) in [5.41, 5.74) is 0.0194. The summed E-state index contributed by atoms with van der Waals surface area (Å²) < 4.78 is 0. The predicted octanol–water partition coefficient (Wildman–Crippen LogP) is 3.80. The Morgan fingerprint density at radius 2 is 1.28 bits per heavy atom. The highest BCUT2D eigenvalue weighted by atomic mass is 32.1. The highest BCUT2D eigenvalue weighted by molar-refractivity contribution is 7.12. The zero-order valence-electron chi connectivity index (χ0n) is 8.81. The Bertz CT molecular complexity index is 575. The number of rotatable bonds is 4. The minimum absolute atomic E-state index is 0.00968. The topological polar surface area (TPSA) is 86.3 Å². The highest BCUT2D eigenvalue weighted by Crippen LogP contribution is 2.30. The van der Waals surface area contributed by atoms with Crippen molar-refractivity contribution in [3.05, 3.63) is 52.9 Å². The Labute approximate surface area is 109 Å². The zero-order valence-corrected chi connectivity index (χ0v) is 10.4. The molecule has 0 aliphatic rings. The monoisotopic (exact) mass is 282 g/mol. The molecule has 0 aliphatic carbocycles. The maximum absolute atomic E-state index is 10.7. The normalized spacial score (nSPS) is 10.9. The lowest BCUT2D eigenvalue weighted by Gasteiger charge is -1.90. The predicted molar refractivity (Wildman–Crippen MR) is 70.9 cm³/mol.